The maximum atomic E-state index is 13.7. The molecule has 0 aliphatic carbocycles. The minimum absolute atomic E-state index is 0.0454. The van der Waals surface area contributed by atoms with Crippen LogP contribution in [0.2, 0.25) is 5.02 Å². The van der Waals surface area contributed by atoms with Crippen molar-refractivity contribution in [1.82, 2.24) is 5.16 Å². The number of ether oxygens (including phenoxy) is 1. The van der Waals surface area contributed by atoms with Crippen molar-refractivity contribution in [2.45, 2.75) is 0 Å². The number of nitrogen functional groups attached to an aromatic ring is 1. The van der Waals surface area contributed by atoms with Gasteiger partial charge in [-0.3, -0.25) is 0 Å². The molecular formula is C10H8ClFN2O2. The van der Waals surface area contributed by atoms with Crippen LogP contribution in [0.1, 0.15) is 0 Å². The van der Waals surface area contributed by atoms with Crippen LogP contribution in [0, 0.1) is 5.82 Å². The highest BCUT2D eigenvalue weighted by Gasteiger charge is 2.14. The predicted molar refractivity (Wildman–Crippen MR) is 57.9 cm³/mol. The highest BCUT2D eigenvalue weighted by Crippen LogP contribution is 2.32. The van der Waals surface area contributed by atoms with Crippen LogP contribution < -0.4 is 10.5 Å². The molecule has 1 aromatic heterocycles. The van der Waals surface area contributed by atoms with Crippen LogP contribution in [0.25, 0.3) is 11.3 Å². The van der Waals surface area contributed by atoms with Crippen LogP contribution >= 0.6 is 11.6 Å². The maximum absolute atomic E-state index is 13.7. The number of nitrogens with zero attached hydrogens (tertiary/aromatic N) is 1. The second-order valence-corrected chi connectivity index (χ2v) is 3.49. The number of nitrogens with two attached hydrogens (primary N) is 1. The third kappa shape index (κ3) is 1.81. The summed E-state index contributed by atoms with van der Waals surface area (Å²) in [4.78, 5) is 0. The van der Waals surface area contributed by atoms with E-state index in [1.807, 2.05) is 0 Å². The molecule has 0 spiro atoms. The van der Waals surface area contributed by atoms with Crippen molar-refractivity contribution >= 4 is 17.5 Å². The van der Waals surface area contributed by atoms with Gasteiger partial charge in [0.2, 0.25) is 5.88 Å². The third-order valence-corrected chi connectivity index (χ3v) is 2.32. The lowest BCUT2D eigenvalue weighted by atomic mass is 10.1. The SMILES string of the molecule is COc1cc(Cl)c(F)c(-c2cc(N)on2)c1. The summed E-state index contributed by atoms with van der Waals surface area (Å²) < 4.78 is 23.3. The smallest absolute Gasteiger partial charge is 0.222 e. The molecule has 0 amide bonds. The first-order valence-electron chi connectivity index (χ1n) is 4.37. The number of aromatic nitrogens is 1. The fourth-order valence-corrected chi connectivity index (χ4v) is 1.49. The summed E-state index contributed by atoms with van der Waals surface area (Å²) in [6.07, 6.45) is 0. The van der Waals surface area contributed by atoms with Gasteiger partial charge in [0.15, 0.2) is 5.82 Å². The Labute approximate surface area is 95.7 Å². The topological polar surface area (TPSA) is 61.3 Å². The fraction of sp³-hybridized carbons (Fsp3) is 0.100. The highest BCUT2D eigenvalue weighted by atomic mass is 35.5. The predicted octanol–water partition coefficient (Wildman–Crippen LogP) is 2.72. The van der Waals surface area contributed by atoms with Gasteiger partial charge in [-0.05, 0) is 6.07 Å². The molecule has 6 heteroatoms. The van der Waals surface area contributed by atoms with E-state index in [2.05, 4.69) is 9.68 Å². The van der Waals surface area contributed by atoms with Crippen LogP contribution in [-0.2, 0) is 0 Å². The van der Waals surface area contributed by atoms with Gasteiger partial charge in [-0.25, -0.2) is 4.39 Å². The van der Waals surface area contributed by atoms with Gasteiger partial charge in [0.1, 0.15) is 11.4 Å². The first-order valence-corrected chi connectivity index (χ1v) is 4.75. The van der Waals surface area contributed by atoms with Crippen molar-refractivity contribution in [3.63, 3.8) is 0 Å². The Morgan fingerprint density at radius 1 is 1.44 bits per heavy atom. The van der Waals surface area contributed by atoms with E-state index in [1.54, 1.807) is 0 Å². The summed E-state index contributed by atoms with van der Waals surface area (Å²) in [6, 6.07) is 4.26. The van der Waals surface area contributed by atoms with Gasteiger partial charge in [-0.15, -0.1) is 0 Å². The average molecular weight is 243 g/mol. The van der Waals surface area contributed by atoms with Gasteiger partial charge >= 0.3 is 0 Å². The Morgan fingerprint density at radius 3 is 2.75 bits per heavy atom. The molecule has 0 radical (unpaired) electrons. The van der Waals surface area contributed by atoms with Crippen LogP contribution in [0.5, 0.6) is 5.75 Å². The Balaban J connectivity index is 2.59. The molecule has 1 aromatic carbocycles. The second-order valence-electron chi connectivity index (χ2n) is 3.09. The molecule has 84 valence electrons. The lowest BCUT2D eigenvalue weighted by Crippen LogP contribution is -1.90. The summed E-state index contributed by atoms with van der Waals surface area (Å²) in [7, 11) is 1.46. The molecule has 0 atom stereocenters. The normalized spacial score (nSPS) is 10.4. The molecule has 0 saturated carbocycles. The summed E-state index contributed by atoms with van der Waals surface area (Å²) in [5.74, 6) is -0.0490. The molecule has 0 bridgehead atoms. The Hall–Kier alpha value is -1.75. The van der Waals surface area contributed by atoms with Crippen molar-refractivity contribution in [1.29, 1.82) is 0 Å². The third-order valence-electron chi connectivity index (χ3n) is 2.04. The molecule has 1 heterocycles. The van der Waals surface area contributed by atoms with Gasteiger partial charge in [0.05, 0.1) is 12.1 Å². The van der Waals surface area contributed by atoms with E-state index < -0.39 is 5.82 Å². The molecule has 0 saturated heterocycles. The molecule has 2 N–H and O–H groups in total. The Bertz CT molecular complexity index is 528. The molecular weight excluding hydrogens is 235 g/mol. The zero-order chi connectivity index (χ0) is 11.7. The molecule has 0 unspecified atom stereocenters. The fourth-order valence-electron chi connectivity index (χ4n) is 1.28. The number of benzene rings is 1. The number of hydrogen-bond donors (Lipinski definition) is 1. The van der Waals surface area contributed by atoms with Crippen LogP contribution in [-0.4, -0.2) is 12.3 Å². The molecule has 0 fully saturated rings. The molecule has 4 nitrogen and oxygen atoms in total. The number of rotatable bonds is 2. The standard InChI is InChI=1S/C10H8ClFN2O2/c1-15-5-2-6(10(12)7(11)3-5)8-4-9(13)16-14-8/h2-4H,13H2,1H3. The average Bonchev–Trinajstić information content (AvgIpc) is 2.68. The number of hydrogen-bond acceptors (Lipinski definition) is 4. The highest BCUT2D eigenvalue weighted by molar-refractivity contribution is 6.31. The first-order chi connectivity index (χ1) is 7.61. The summed E-state index contributed by atoms with van der Waals surface area (Å²) in [5, 5.41) is 3.56. The van der Waals surface area contributed by atoms with Gasteiger partial charge < -0.3 is 15.0 Å². The Morgan fingerprint density at radius 2 is 2.19 bits per heavy atom. The van der Waals surface area contributed by atoms with Gasteiger partial charge in [0, 0.05) is 17.7 Å². The van der Waals surface area contributed by atoms with E-state index in [1.165, 1.54) is 25.3 Å². The van der Waals surface area contributed by atoms with Crippen molar-refractivity contribution in [3.8, 4) is 17.0 Å². The number of methoxy groups -OCH3 is 1. The van der Waals surface area contributed by atoms with E-state index in [0.29, 0.717) is 5.75 Å². The molecule has 0 aliphatic heterocycles. The van der Waals surface area contributed by atoms with Crippen LogP contribution in [0.15, 0.2) is 22.7 Å². The zero-order valence-corrected chi connectivity index (χ0v) is 9.08. The summed E-state index contributed by atoms with van der Waals surface area (Å²) in [6.45, 7) is 0. The summed E-state index contributed by atoms with van der Waals surface area (Å²) in [5.41, 5.74) is 5.82. The largest absolute Gasteiger partial charge is 0.497 e. The Kier molecular flexibility index (Phi) is 2.70. The van der Waals surface area contributed by atoms with Gasteiger partial charge in [-0.1, -0.05) is 16.8 Å². The van der Waals surface area contributed by atoms with E-state index in [9.17, 15) is 4.39 Å². The minimum atomic E-state index is -0.587. The van der Waals surface area contributed by atoms with Gasteiger partial charge in [0.25, 0.3) is 0 Å². The van der Waals surface area contributed by atoms with E-state index in [-0.39, 0.29) is 22.2 Å². The minimum Gasteiger partial charge on any atom is -0.497 e. The monoisotopic (exact) mass is 242 g/mol. The van der Waals surface area contributed by atoms with Crippen LogP contribution in [0.3, 0.4) is 0 Å². The molecule has 0 aliphatic rings. The van der Waals surface area contributed by atoms with E-state index in [0.717, 1.165) is 0 Å². The second kappa shape index (κ2) is 4.02. The van der Waals surface area contributed by atoms with Crippen molar-refractivity contribution in [2.24, 2.45) is 0 Å². The molecule has 2 rings (SSSR count). The van der Waals surface area contributed by atoms with Gasteiger partial charge in [-0.2, -0.15) is 0 Å². The summed E-state index contributed by atoms with van der Waals surface area (Å²) >= 11 is 5.71. The maximum Gasteiger partial charge on any atom is 0.222 e. The van der Waals surface area contributed by atoms with E-state index in [4.69, 9.17) is 22.1 Å². The first kappa shape index (κ1) is 10.8. The van der Waals surface area contributed by atoms with Crippen molar-refractivity contribution in [2.75, 3.05) is 12.8 Å². The quantitative estimate of drug-likeness (QED) is 0.880. The molecule has 16 heavy (non-hydrogen) atoms. The zero-order valence-electron chi connectivity index (χ0n) is 8.33. The van der Waals surface area contributed by atoms with Crippen molar-refractivity contribution in [3.05, 3.63) is 29.0 Å². The van der Waals surface area contributed by atoms with Crippen LogP contribution in [0.4, 0.5) is 10.3 Å². The number of anilines is 1. The molecule has 2 aromatic rings. The van der Waals surface area contributed by atoms with E-state index >= 15 is 0 Å². The lowest BCUT2D eigenvalue weighted by molar-refractivity contribution is 0.413. The van der Waals surface area contributed by atoms with Crippen molar-refractivity contribution < 1.29 is 13.7 Å². The number of halogens is 2. The lowest BCUT2D eigenvalue weighted by Gasteiger charge is -2.05.